The molecule has 188 valence electrons. The van der Waals surface area contributed by atoms with Gasteiger partial charge in [-0.25, -0.2) is 4.79 Å². The van der Waals surface area contributed by atoms with Gasteiger partial charge in [0.25, 0.3) is 11.5 Å². The number of likely N-dealkylation sites (tertiary alicyclic amines) is 1. The van der Waals surface area contributed by atoms with Crippen LogP contribution in [-0.4, -0.2) is 50.8 Å². The van der Waals surface area contributed by atoms with Crippen LogP contribution in [-0.2, 0) is 16.1 Å². The third-order valence-corrected chi connectivity index (χ3v) is 6.43. The number of nitrogens with zero attached hydrogens (tertiary/aromatic N) is 4. The summed E-state index contributed by atoms with van der Waals surface area (Å²) in [5, 5.41) is 4.25. The Kier molecular flexibility index (Phi) is 7.47. The van der Waals surface area contributed by atoms with Crippen molar-refractivity contribution in [2.24, 2.45) is 5.92 Å². The maximum atomic E-state index is 13.6. The second-order valence-corrected chi connectivity index (χ2v) is 9.04. The fraction of sp³-hybridized carbons (Fsp3) is 0.370. The van der Waals surface area contributed by atoms with Gasteiger partial charge in [0, 0.05) is 13.1 Å². The van der Waals surface area contributed by atoms with E-state index in [-0.39, 0.29) is 31.4 Å². The summed E-state index contributed by atoms with van der Waals surface area (Å²) in [5.74, 6) is -1.42. The predicted octanol–water partition coefficient (Wildman–Crippen LogP) is 2.47. The van der Waals surface area contributed by atoms with Gasteiger partial charge >= 0.3 is 11.7 Å². The second kappa shape index (κ2) is 10.7. The molecule has 36 heavy (non-hydrogen) atoms. The normalized spacial score (nSPS) is 15.5. The molecule has 2 heterocycles. The van der Waals surface area contributed by atoms with Crippen LogP contribution in [0, 0.1) is 19.8 Å². The van der Waals surface area contributed by atoms with E-state index in [1.54, 1.807) is 25.1 Å². The number of carbonyl (C=O) groups is 2. The average Bonchev–Trinajstić information content (AvgIpc) is 2.87. The van der Waals surface area contributed by atoms with Crippen LogP contribution >= 0.6 is 0 Å². The summed E-state index contributed by atoms with van der Waals surface area (Å²) >= 11 is 0. The topological polar surface area (TPSA) is 104 Å². The first-order chi connectivity index (χ1) is 17.3. The molecule has 1 aromatic heterocycles. The number of benzene rings is 2. The lowest BCUT2D eigenvalue weighted by Gasteiger charge is -2.31. The van der Waals surface area contributed by atoms with Crippen molar-refractivity contribution >= 4 is 11.9 Å². The molecule has 1 aliphatic heterocycles. The Morgan fingerprint density at radius 1 is 1.08 bits per heavy atom. The van der Waals surface area contributed by atoms with Crippen molar-refractivity contribution in [3.05, 3.63) is 91.8 Å². The van der Waals surface area contributed by atoms with Crippen molar-refractivity contribution in [2.45, 2.75) is 40.2 Å². The summed E-state index contributed by atoms with van der Waals surface area (Å²) in [6.07, 6.45) is 1.21. The fourth-order valence-electron chi connectivity index (χ4n) is 4.44. The molecule has 0 bridgehead atoms. The minimum absolute atomic E-state index is 0.00437. The zero-order valence-electron chi connectivity index (χ0n) is 20.8. The molecule has 4 rings (SSSR count). The number of ether oxygens (including phenoxy) is 1. The third kappa shape index (κ3) is 5.15. The fourth-order valence-corrected chi connectivity index (χ4v) is 4.44. The van der Waals surface area contributed by atoms with Crippen molar-refractivity contribution in [2.75, 3.05) is 19.7 Å². The van der Waals surface area contributed by atoms with Crippen molar-refractivity contribution in [1.82, 2.24) is 19.2 Å². The SMILES string of the molecule is CCOC(=O)C1CCCN(C(=O)c2nn(-c3cccc(C)c3)c(=O)n(Cc3ccccc3C)c2=O)C1. The van der Waals surface area contributed by atoms with Crippen molar-refractivity contribution < 1.29 is 14.3 Å². The van der Waals surface area contributed by atoms with E-state index in [1.165, 1.54) is 4.90 Å². The Hall–Kier alpha value is -4.01. The Morgan fingerprint density at radius 3 is 2.58 bits per heavy atom. The van der Waals surface area contributed by atoms with E-state index >= 15 is 0 Å². The standard InChI is InChI=1S/C27H30N4O5/c1-4-36-26(34)21-12-8-14-29(16-21)24(32)23-25(33)30(17-20-11-6-5-10-19(20)3)27(35)31(28-23)22-13-7-9-18(2)15-22/h5-7,9-11,13,15,21H,4,8,12,14,16-17H2,1-3H3. The van der Waals surface area contributed by atoms with Crippen LogP contribution in [0.2, 0.25) is 0 Å². The maximum absolute atomic E-state index is 13.6. The Labute approximate surface area is 208 Å². The van der Waals surface area contributed by atoms with E-state index in [0.29, 0.717) is 25.1 Å². The zero-order chi connectivity index (χ0) is 25.8. The molecule has 1 aliphatic rings. The van der Waals surface area contributed by atoms with Gasteiger partial charge in [-0.1, -0.05) is 36.4 Å². The van der Waals surface area contributed by atoms with Gasteiger partial charge < -0.3 is 9.64 Å². The van der Waals surface area contributed by atoms with E-state index in [1.807, 2.05) is 44.2 Å². The summed E-state index contributed by atoms with van der Waals surface area (Å²) in [6.45, 7) is 6.31. The molecule has 9 nitrogen and oxygen atoms in total. The minimum atomic E-state index is -0.754. The molecule has 0 N–H and O–H groups in total. The molecule has 0 radical (unpaired) electrons. The lowest BCUT2D eigenvalue weighted by Crippen LogP contribution is -2.49. The van der Waals surface area contributed by atoms with E-state index in [4.69, 9.17) is 4.74 Å². The molecule has 1 saturated heterocycles. The summed E-state index contributed by atoms with van der Waals surface area (Å²) in [5.41, 5.74) is 1.33. The number of carbonyl (C=O) groups excluding carboxylic acids is 2. The van der Waals surface area contributed by atoms with Crippen LogP contribution in [0.15, 0.2) is 58.1 Å². The summed E-state index contributed by atoms with van der Waals surface area (Å²) in [7, 11) is 0. The summed E-state index contributed by atoms with van der Waals surface area (Å²) < 4.78 is 7.29. The van der Waals surface area contributed by atoms with Gasteiger partial charge in [-0.3, -0.25) is 19.0 Å². The number of aryl methyl sites for hydroxylation is 2. The number of esters is 1. The average molecular weight is 491 g/mol. The number of piperidine rings is 1. The molecule has 0 aliphatic carbocycles. The lowest BCUT2D eigenvalue weighted by molar-refractivity contribution is -0.149. The van der Waals surface area contributed by atoms with Crippen molar-refractivity contribution in [3.63, 3.8) is 0 Å². The highest BCUT2D eigenvalue weighted by molar-refractivity contribution is 5.92. The maximum Gasteiger partial charge on any atom is 0.352 e. The molecular weight excluding hydrogens is 460 g/mol. The van der Waals surface area contributed by atoms with E-state index in [0.717, 1.165) is 25.9 Å². The van der Waals surface area contributed by atoms with E-state index < -0.39 is 23.1 Å². The molecule has 0 saturated carbocycles. The van der Waals surface area contributed by atoms with Crippen LogP contribution in [0.1, 0.15) is 46.9 Å². The smallest absolute Gasteiger partial charge is 0.352 e. The van der Waals surface area contributed by atoms with Crippen LogP contribution in [0.5, 0.6) is 0 Å². The first-order valence-corrected chi connectivity index (χ1v) is 12.1. The van der Waals surface area contributed by atoms with Gasteiger partial charge in [0.2, 0.25) is 5.69 Å². The van der Waals surface area contributed by atoms with Gasteiger partial charge in [0.05, 0.1) is 24.8 Å². The predicted molar refractivity (Wildman–Crippen MR) is 134 cm³/mol. The van der Waals surface area contributed by atoms with Crippen LogP contribution in [0.4, 0.5) is 0 Å². The first-order valence-electron chi connectivity index (χ1n) is 12.1. The third-order valence-electron chi connectivity index (χ3n) is 6.43. The van der Waals surface area contributed by atoms with Crippen LogP contribution in [0.25, 0.3) is 5.69 Å². The van der Waals surface area contributed by atoms with Gasteiger partial charge in [-0.15, -0.1) is 0 Å². The Bertz CT molecular complexity index is 1410. The Balaban J connectivity index is 1.80. The minimum Gasteiger partial charge on any atom is -0.466 e. The monoisotopic (exact) mass is 490 g/mol. The highest BCUT2D eigenvalue weighted by Crippen LogP contribution is 2.19. The van der Waals surface area contributed by atoms with Crippen LogP contribution < -0.4 is 11.2 Å². The molecule has 9 heteroatoms. The van der Waals surface area contributed by atoms with Crippen molar-refractivity contribution in [3.8, 4) is 5.69 Å². The summed E-state index contributed by atoms with van der Waals surface area (Å²) in [4.78, 5) is 54.3. The van der Waals surface area contributed by atoms with Gasteiger partial charge in [0.1, 0.15) is 0 Å². The number of hydrogen-bond acceptors (Lipinski definition) is 6. The molecule has 1 unspecified atom stereocenters. The van der Waals surface area contributed by atoms with Crippen molar-refractivity contribution in [1.29, 1.82) is 0 Å². The molecular formula is C27H30N4O5. The number of aromatic nitrogens is 3. The Morgan fingerprint density at radius 2 is 1.86 bits per heavy atom. The van der Waals surface area contributed by atoms with E-state index in [2.05, 4.69) is 5.10 Å². The second-order valence-electron chi connectivity index (χ2n) is 9.04. The van der Waals surface area contributed by atoms with Gasteiger partial charge in [-0.2, -0.15) is 9.78 Å². The molecule has 2 aromatic carbocycles. The lowest BCUT2D eigenvalue weighted by atomic mass is 9.98. The molecule has 1 fully saturated rings. The molecule has 1 amide bonds. The molecule has 0 spiro atoms. The van der Waals surface area contributed by atoms with E-state index in [9.17, 15) is 19.2 Å². The van der Waals surface area contributed by atoms with Gasteiger partial charge in [-0.05, 0) is 62.4 Å². The van der Waals surface area contributed by atoms with Crippen LogP contribution in [0.3, 0.4) is 0 Å². The highest BCUT2D eigenvalue weighted by Gasteiger charge is 2.32. The number of rotatable bonds is 6. The zero-order valence-corrected chi connectivity index (χ0v) is 20.8. The number of amides is 1. The quantitative estimate of drug-likeness (QED) is 0.492. The summed E-state index contributed by atoms with van der Waals surface area (Å²) in [6, 6.07) is 14.6. The molecule has 3 aromatic rings. The van der Waals surface area contributed by atoms with Gasteiger partial charge in [0.15, 0.2) is 0 Å². The largest absolute Gasteiger partial charge is 0.466 e. The highest BCUT2D eigenvalue weighted by atomic mass is 16.5. The number of hydrogen-bond donors (Lipinski definition) is 0. The molecule has 1 atom stereocenters. The first kappa shape index (κ1) is 25.1.